The summed E-state index contributed by atoms with van der Waals surface area (Å²) in [6, 6.07) is 0. The number of hydrogen-bond acceptors (Lipinski definition) is 2. The standard InChI is InChI=1S/C16H29NO2S/c1-15(2,3)14-12-5-11-6-13(14)9-16(7-11,8-12)10-17-20(4,18)19/h11-14,17H,5-10H2,1-4H3. The van der Waals surface area contributed by atoms with Crippen molar-refractivity contribution in [1.29, 1.82) is 0 Å². The van der Waals surface area contributed by atoms with E-state index in [1.54, 1.807) is 0 Å². The Hall–Kier alpha value is -0.0900. The highest BCUT2D eigenvalue weighted by atomic mass is 32.2. The minimum atomic E-state index is -3.06. The smallest absolute Gasteiger partial charge is 0.208 e. The van der Waals surface area contributed by atoms with E-state index in [-0.39, 0.29) is 5.41 Å². The largest absolute Gasteiger partial charge is 0.215 e. The number of rotatable bonds is 3. The molecule has 0 spiro atoms. The van der Waals surface area contributed by atoms with Gasteiger partial charge in [0.2, 0.25) is 10.0 Å². The summed E-state index contributed by atoms with van der Waals surface area (Å²) in [7, 11) is -3.06. The van der Waals surface area contributed by atoms with Gasteiger partial charge in [-0.25, -0.2) is 13.1 Å². The predicted molar refractivity (Wildman–Crippen MR) is 81.8 cm³/mol. The topological polar surface area (TPSA) is 46.2 Å². The fourth-order valence-electron chi connectivity index (χ4n) is 6.11. The van der Waals surface area contributed by atoms with Gasteiger partial charge in [0.15, 0.2) is 0 Å². The maximum Gasteiger partial charge on any atom is 0.208 e. The molecule has 4 bridgehead atoms. The van der Waals surface area contributed by atoms with Gasteiger partial charge in [-0.15, -0.1) is 0 Å². The second-order valence-corrected chi connectivity index (χ2v) is 10.8. The molecule has 0 amide bonds. The van der Waals surface area contributed by atoms with E-state index in [1.807, 2.05) is 0 Å². The van der Waals surface area contributed by atoms with E-state index in [1.165, 1.54) is 38.4 Å². The molecule has 0 aliphatic heterocycles. The number of sulfonamides is 1. The van der Waals surface area contributed by atoms with Gasteiger partial charge >= 0.3 is 0 Å². The predicted octanol–water partition coefficient (Wildman–Crippen LogP) is 3.02. The zero-order valence-electron chi connectivity index (χ0n) is 13.3. The summed E-state index contributed by atoms with van der Waals surface area (Å²) >= 11 is 0. The SMILES string of the molecule is CC(C)(C)C1C2CC3CC1CC(CNS(C)(=O)=O)(C3)C2. The molecule has 4 aliphatic rings. The van der Waals surface area contributed by atoms with E-state index in [9.17, 15) is 8.42 Å². The van der Waals surface area contributed by atoms with Crippen molar-refractivity contribution in [2.75, 3.05) is 12.8 Å². The quantitative estimate of drug-likeness (QED) is 0.870. The van der Waals surface area contributed by atoms with Gasteiger partial charge in [0.1, 0.15) is 0 Å². The molecule has 0 aromatic heterocycles. The van der Waals surface area contributed by atoms with Crippen LogP contribution in [0.4, 0.5) is 0 Å². The van der Waals surface area contributed by atoms with Crippen molar-refractivity contribution < 1.29 is 8.42 Å². The van der Waals surface area contributed by atoms with Crippen LogP contribution in [0.2, 0.25) is 0 Å². The minimum absolute atomic E-state index is 0.265. The van der Waals surface area contributed by atoms with Crippen molar-refractivity contribution in [3.8, 4) is 0 Å². The summed E-state index contributed by atoms with van der Waals surface area (Å²) in [5, 5.41) is 0. The first-order valence-corrected chi connectivity index (χ1v) is 9.92. The Balaban J connectivity index is 1.79. The number of nitrogens with one attached hydrogen (secondary N) is 1. The Morgan fingerprint density at radius 1 is 1.10 bits per heavy atom. The second kappa shape index (κ2) is 4.45. The van der Waals surface area contributed by atoms with Crippen LogP contribution >= 0.6 is 0 Å². The molecular formula is C16H29NO2S. The first-order valence-electron chi connectivity index (χ1n) is 8.03. The molecule has 4 aliphatic carbocycles. The summed E-state index contributed by atoms with van der Waals surface area (Å²) in [6.45, 7) is 7.84. The molecule has 0 heterocycles. The third-order valence-corrected chi connectivity index (χ3v) is 6.78. The average molecular weight is 299 g/mol. The van der Waals surface area contributed by atoms with Gasteiger partial charge in [0, 0.05) is 6.54 Å². The van der Waals surface area contributed by atoms with E-state index in [0.717, 1.165) is 23.7 Å². The van der Waals surface area contributed by atoms with Crippen molar-refractivity contribution in [1.82, 2.24) is 4.72 Å². The summed E-state index contributed by atoms with van der Waals surface area (Å²) in [4.78, 5) is 0. The first-order chi connectivity index (χ1) is 9.08. The zero-order chi connectivity index (χ0) is 14.8. The molecule has 0 aromatic rings. The molecule has 2 atom stereocenters. The van der Waals surface area contributed by atoms with Crippen LogP contribution in [0, 0.1) is 34.5 Å². The van der Waals surface area contributed by atoms with Crippen LogP contribution < -0.4 is 4.72 Å². The summed E-state index contributed by atoms with van der Waals surface area (Å²) < 4.78 is 25.7. The van der Waals surface area contributed by atoms with Crippen molar-refractivity contribution in [2.24, 2.45) is 34.5 Å². The lowest BCUT2D eigenvalue weighted by atomic mass is 9.43. The van der Waals surface area contributed by atoms with Crippen LogP contribution in [0.3, 0.4) is 0 Å². The van der Waals surface area contributed by atoms with Crippen LogP contribution in [0.15, 0.2) is 0 Å². The van der Waals surface area contributed by atoms with Gasteiger partial charge < -0.3 is 0 Å². The van der Waals surface area contributed by atoms with Crippen LogP contribution in [0.25, 0.3) is 0 Å². The third-order valence-electron chi connectivity index (χ3n) is 6.11. The Labute approximate surface area is 124 Å². The average Bonchev–Trinajstić information content (AvgIpc) is 2.22. The molecule has 4 fully saturated rings. The van der Waals surface area contributed by atoms with E-state index in [4.69, 9.17) is 0 Å². The lowest BCUT2D eigenvalue weighted by Gasteiger charge is -2.63. The molecule has 3 nitrogen and oxygen atoms in total. The number of hydrogen-bond donors (Lipinski definition) is 1. The molecule has 0 aromatic carbocycles. The molecule has 4 rings (SSSR count). The van der Waals surface area contributed by atoms with Gasteiger partial charge in [-0.1, -0.05) is 20.8 Å². The lowest BCUT2D eigenvalue weighted by Crippen LogP contribution is -2.57. The van der Waals surface area contributed by atoms with Crippen molar-refractivity contribution in [3.63, 3.8) is 0 Å². The Kier molecular flexibility index (Phi) is 3.30. The fraction of sp³-hybridized carbons (Fsp3) is 1.00. The first kappa shape index (κ1) is 14.8. The summed E-state index contributed by atoms with van der Waals surface area (Å²) in [6.07, 6.45) is 7.79. The monoisotopic (exact) mass is 299 g/mol. The fourth-order valence-corrected chi connectivity index (χ4v) is 6.68. The van der Waals surface area contributed by atoms with Crippen molar-refractivity contribution in [2.45, 2.75) is 52.9 Å². The van der Waals surface area contributed by atoms with E-state index < -0.39 is 10.0 Å². The van der Waals surface area contributed by atoms with E-state index >= 15 is 0 Å². The summed E-state index contributed by atoms with van der Waals surface area (Å²) in [5.41, 5.74) is 0.662. The third kappa shape index (κ3) is 2.66. The van der Waals surface area contributed by atoms with Crippen LogP contribution in [0.1, 0.15) is 52.9 Å². The van der Waals surface area contributed by atoms with Crippen LogP contribution in [0.5, 0.6) is 0 Å². The Morgan fingerprint density at radius 3 is 2.10 bits per heavy atom. The van der Waals surface area contributed by atoms with Gasteiger partial charge in [-0.3, -0.25) is 0 Å². The molecular weight excluding hydrogens is 270 g/mol. The molecule has 4 saturated carbocycles. The molecule has 20 heavy (non-hydrogen) atoms. The molecule has 2 unspecified atom stereocenters. The van der Waals surface area contributed by atoms with Crippen molar-refractivity contribution >= 4 is 10.0 Å². The highest BCUT2D eigenvalue weighted by Crippen LogP contribution is 2.65. The van der Waals surface area contributed by atoms with Crippen LogP contribution in [-0.2, 0) is 10.0 Å². The van der Waals surface area contributed by atoms with Gasteiger partial charge in [0.25, 0.3) is 0 Å². The molecule has 4 heteroatoms. The van der Waals surface area contributed by atoms with Gasteiger partial charge in [0.05, 0.1) is 6.26 Å². The maximum absolute atomic E-state index is 11.4. The van der Waals surface area contributed by atoms with E-state index in [2.05, 4.69) is 25.5 Å². The minimum Gasteiger partial charge on any atom is -0.215 e. The molecule has 0 radical (unpaired) electrons. The second-order valence-electron chi connectivity index (χ2n) is 8.96. The highest BCUT2D eigenvalue weighted by Gasteiger charge is 2.57. The molecule has 0 saturated heterocycles. The summed E-state index contributed by atoms with van der Waals surface area (Å²) in [5.74, 6) is 3.34. The van der Waals surface area contributed by atoms with Gasteiger partial charge in [-0.2, -0.15) is 0 Å². The zero-order valence-corrected chi connectivity index (χ0v) is 14.1. The van der Waals surface area contributed by atoms with Crippen molar-refractivity contribution in [3.05, 3.63) is 0 Å². The highest BCUT2D eigenvalue weighted by molar-refractivity contribution is 7.88. The lowest BCUT2D eigenvalue weighted by molar-refractivity contribution is -0.125. The van der Waals surface area contributed by atoms with Gasteiger partial charge in [-0.05, 0) is 66.6 Å². The Bertz CT molecular complexity index is 475. The molecule has 1 N–H and O–H groups in total. The Morgan fingerprint density at radius 2 is 1.65 bits per heavy atom. The van der Waals surface area contributed by atoms with E-state index in [0.29, 0.717) is 12.0 Å². The maximum atomic E-state index is 11.4. The van der Waals surface area contributed by atoms with Crippen LogP contribution in [-0.4, -0.2) is 21.2 Å². The molecule has 116 valence electrons. The normalized spacial score (nSPS) is 44.0.